The highest BCUT2D eigenvalue weighted by Gasteiger charge is 2.13. The average Bonchev–Trinajstić information content (AvgIpc) is 2.13. The van der Waals surface area contributed by atoms with E-state index in [-0.39, 0.29) is 0 Å². The Kier molecular flexibility index (Phi) is 3.69. The summed E-state index contributed by atoms with van der Waals surface area (Å²) in [7, 11) is 0. The maximum atomic E-state index is 4.35. The Balaban J connectivity index is 2.34. The van der Waals surface area contributed by atoms with Gasteiger partial charge in [-0.15, -0.1) is 0 Å². The van der Waals surface area contributed by atoms with E-state index in [9.17, 15) is 0 Å². The molecule has 11 heavy (non-hydrogen) atoms. The van der Waals surface area contributed by atoms with Crippen molar-refractivity contribution in [3.8, 4) is 0 Å². The molecule has 1 fully saturated rings. The van der Waals surface area contributed by atoms with E-state index in [0.717, 1.165) is 13.1 Å². The van der Waals surface area contributed by atoms with Gasteiger partial charge in [0.05, 0.1) is 0 Å². The third-order valence-corrected chi connectivity index (χ3v) is 2.64. The summed E-state index contributed by atoms with van der Waals surface area (Å²) in [4.78, 5) is 2.51. The molecule has 0 saturated carbocycles. The Labute approximate surface area is 75.1 Å². The summed E-state index contributed by atoms with van der Waals surface area (Å²) in [5.74, 6) is 0. The SMILES string of the molecule is CC(C)N1CCCN(S)CC1. The minimum absolute atomic E-state index is 0.690. The number of nitrogens with zero attached hydrogens (tertiary/aromatic N) is 2. The zero-order valence-electron chi connectivity index (χ0n) is 7.45. The third-order valence-electron chi connectivity index (χ3n) is 2.24. The molecule has 0 atom stereocenters. The predicted molar refractivity (Wildman–Crippen MR) is 51.9 cm³/mol. The van der Waals surface area contributed by atoms with Crippen LogP contribution >= 0.6 is 12.8 Å². The van der Waals surface area contributed by atoms with Crippen LogP contribution < -0.4 is 0 Å². The second kappa shape index (κ2) is 4.33. The van der Waals surface area contributed by atoms with Crippen molar-refractivity contribution in [2.45, 2.75) is 26.3 Å². The molecule has 0 aliphatic carbocycles. The summed E-state index contributed by atoms with van der Waals surface area (Å²) in [6.45, 7) is 9.14. The molecule has 0 aromatic carbocycles. The van der Waals surface area contributed by atoms with Gasteiger partial charge in [-0.1, -0.05) is 12.8 Å². The minimum Gasteiger partial charge on any atom is -0.300 e. The first-order valence-corrected chi connectivity index (χ1v) is 4.78. The van der Waals surface area contributed by atoms with E-state index < -0.39 is 0 Å². The zero-order chi connectivity index (χ0) is 8.27. The van der Waals surface area contributed by atoms with E-state index in [0.29, 0.717) is 6.04 Å². The molecular weight excluding hydrogens is 156 g/mol. The molecule has 0 spiro atoms. The van der Waals surface area contributed by atoms with Crippen molar-refractivity contribution in [2.75, 3.05) is 26.2 Å². The van der Waals surface area contributed by atoms with Gasteiger partial charge in [0.25, 0.3) is 0 Å². The normalized spacial score (nSPS) is 24.0. The zero-order valence-corrected chi connectivity index (χ0v) is 8.35. The fourth-order valence-corrected chi connectivity index (χ4v) is 1.67. The van der Waals surface area contributed by atoms with Crippen LogP contribution in [0.1, 0.15) is 20.3 Å². The van der Waals surface area contributed by atoms with Crippen molar-refractivity contribution in [3.05, 3.63) is 0 Å². The fraction of sp³-hybridized carbons (Fsp3) is 1.00. The lowest BCUT2D eigenvalue weighted by atomic mass is 10.3. The van der Waals surface area contributed by atoms with E-state index in [1.54, 1.807) is 0 Å². The summed E-state index contributed by atoms with van der Waals surface area (Å²) in [6.07, 6.45) is 1.25. The Morgan fingerprint density at radius 2 is 1.82 bits per heavy atom. The minimum atomic E-state index is 0.690. The lowest BCUT2D eigenvalue weighted by Gasteiger charge is -2.23. The smallest absolute Gasteiger partial charge is 0.0215 e. The van der Waals surface area contributed by atoms with Gasteiger partial charge >= 0.3 is 0 Å². The maximum absolute atomic E-state index is 4.35. The molecule has 0 aromatic heterocycles. The van der Waals surface area contributed by atoms with E-state index in [1.807, 2.05) is 0 Å². The molecule has 0 amide bonds. The molecule has 0 radical (unpaired) electrons. The standard InChI is InChI=1S/C8H18N2S/c1-8(2)9-4-3-5-10(11)7-6-9/h8,11H,3-7H2,1-2H3. The summed E-state index contributed by atoms with van der Waals surface area (Å²) >= 11 is 4.35. The molecule has 0 aromatic rings. The number of hydrogen-bond acceptors (Lipinski definition) is 3. The highest BCUT2D eigenvalue weighted by molar-refractivity contribution is 7.77. The van der Waals surface area contributed by atoms with Crippen molar-refractivity contribution < 1.29 is 0 Å². The molecule has 1 aliphatic heterocycles. The predicted octanol–water partition coefficient (Wildman–Crippen LogP) is 1.25. The van der Waals surface area contributed by atoms with Crippen molar-refractivity contribution in [1.82, 2.24) is 9.21 Å². The second-order valence-electron chi connectivity index (χ2n) is 3.44. The molecule has 1 rings (SSSR count). The quantitative estimate of drug-likeness (QED) is 0.598. The van der Waals surface area contributed by atoms with Crippen molar-refractivity contribution in [1.29, 1.82) is 0 Å². The molecule has 0 N–H and O–H groups in total. The molecule has 0 bridgehead atoms. The van der Waals surface area contributed by atoms with Crippen LogP contribution in [0.4, 0.5) is 0 Å². The highest BCUT2D eigenvalue weighted by Crippen LogP contribution is 2.07. The van der Waals surface area contributed by atoms with Gasteiger partial charge in [-0.3, -0.25) is 9.21 Å². The molecule has 66 valence electrons. The molecule has 0 unspecified atom stereocenters. The maximum Gasteiger partial charge on any atom is 0.0215 e. The Hall–Kier alpha value is 0.270. The van der Waals surface area contributed by atoms with Gasteiger partial charge in [0, 0.05) is 25.7 Å². The first-order valence-electron chi connectivity index (χ1n) is 4.38. The Bertz CT molecular complexity index is 117. The van der Waals surface area contributed by atoms with Gasteiger partial charge in [0.2, 0.25) is 0 Å². The van der Waals surface area contributed by atoms with E-state index in [4.69, 9.17) is 0 Å². The van der Waals surface area contributed by atoms with Crippen LogP contribution in [-0.2, 0) is 0 Å². The summed E-state index contributed by atoms with van der Waals surface area (Å²) in [6, 6.07) is 0.690. The van der Waals surface area contributed by atoms with Crippen molar-refractivity contribution in [2.24, 2.45) is 0 Å². The molecule has 3 heteroatoms. The fourth-order valence-electron chi connectivity index (χ4n) is 1.44. The Morgan fingerprint density at radius 1 is 1.09 bits per heavy atom. The summed E-state index contributed by atoms with van der Waals surface area (Å²) < 4.78 is 2.11. The monoisotopic (exact) mass is 174 g/mol. The van der Waals surface area contributed by atoms with Gasteiger partial charge in [-0.25, -0.2) is 0 Å². The van der Waals surface area contributed by atoms with Crippen LogP contribution in [0.15, 0.2) is 0 Å². The van der Waals surface area contributed by atoms with E-state index in [1.165, 1.54) is 19.5 Å². The van der Waals surface area contributed by atoms with Crippen molar-refractivity contribution in [3.63, 3.8) is 0 Å². The van der Waals surface area contributed by atoms with Gasteiger partial charge in [-0.05, 0) is 26.8 Å². The largest absolute Gasteiger partial charge is 0.300 e. The molecule has 1 aliphatic rings. The summed E-state index contributed by atoms with van der Waals surface area (Å²) in [5.41, 5.74) is 0. The number of hydrogen-bond donors (Lipinski definition) is 1. The van der Waals surface area contributed by atoms with Gasteiger partial charge < -0.3 is 0 Å². The van der Waals surface area contributed by atoms with Gasteiger partial charge in [0.15, 0.2) is 0 Å². The van der Waals surface area contributed by atoms with Crippen LogP contribution in [0.2, 0.25) is 0 Å². The van der Waals surface area contributed by atoms with Gasteiger partial charge in [-0.2, -0.15) is 0 Å². The number of rotatable bonds is 1. The van der Waals surface area contributed by atoms with Crippen molar-refractivity contribution >= 4 is 12.8 Å². The van der Waals surface area contributed by atoms with E-state index in [2.05, 4.69) is 35.9 Å². The molecule has 2 nitrogen and oxygen atoms in total. The molecule has 1 saturated heterocycles. The first-order chi connectivity index (χ1) is 5.20. The topological polar surface area (TPSA) is 6.48 Å². The third kappa shape index (κ3) is 3.01. The molecular formula is C8H18N2S. The second-order valence-corrected chi connectivity index (χ2v) is 4.00. The van der Waals surface area contributed by atoms with Crippen LogP contribution in [0, 0.1) is 0 Å². The Morgan fingerprint density at radius 3 is 2.45 bits per heavy atom. The lowest BCUT2D eigenvalue weighted by molar-refractivity contribution is 0.234. The van der Waals surface area contributed by atoms with Crippen LogP contribution in [0.5, 0.6) is 0 Å². The van der Waals surface area contributed by atoms with Crippen LogP contribution in [-0.4, -0.2) is 41.4 Å². The van der Waals surface area contributed by atoms with E-state index >= 15 is 0 Å². The van der Waals surface area contributed by atoms with Gasteiger partial charge in [0.1, 0.15) is 0 Å². The van der Waals surface area contributed by atoms with Crippen LogP contribution in [0.25, 0.3) is 0 Å². The number of thiol groups is 1. The highest BCUT2D eigenvalue weighted by atomic mass is 32.1. The summed E-state index contributed by atoms with van der Waals surface area (Å²) in [5, 5.41) is 0. The van der Waals surface area contributed by atoms with Crippen LogP contribution in [0.3, 0.4) is 0 Å². The lowest BCUT2D eigenvalue weighted by Crippen LogP contribution is -2.33. The molecule has 1 heterocycles. The average molecular weight is 174 g/mol. The first kappa shape index (κ1) is 9.36.